The number of carbonyl (C=O) groups is 3. The van der Waals surface area contributed by atoms with Crippen molar-refractivity contribution in [3.05, 3.63) is 65.2 Å². The molecule has 0 bridgehead atoms. The van der Waals surface area contributed by atoms with E-state index < -0.39 is 24.4 Å². The van der Waals surface area contributed by atoms with Crippen LogP contribution in [-0.2, 0) is 9.53 Å². The van der Waals surface area contributed by atoms with Crippen LogP contribution in [0.3, 0.4) is 0 Å². The van der Waals surface area contributed by atoms with Gasteiger partial charge in [0.2, 0.25) is 5.91 Å². The average Bonchev–Trinajstić information content (AvgIpc) is 3.21. The lowest BCUT2D eigenvalue weighted by molar-refractivity contribution is -0.119. The molecule has 2 aromatic rings. The fourth-order valence-corrected chi connectivity index (χ4v) is 5.32. The number of primary amides is 1. The van der Waals surface area contributed by atoms with Crippen LogP contribution in [0.25, 0.3) is 0 Å². The standard InChI is InChI=1S/C19H18N2O4S2/c20-17(23)12-5-7-15(8-6-12)21-16(22)11-25-18(24)13-1-3-14(4-2-13)19-26-9-10-27-19/h1-8,19H,9-11H2,(H2,20,23)(H,21,22). The topological polar surface area (TPSA) is 98.5 Å². The fourth-order valence-electron chi connectivity index (χ4n) is 2.46. The molecule has 3 N–H and O–H groups in total. The van der Waals surface area contributed by atoms with Gasteiger partial charge in [0.1, 0.15) is 0 Å². The molecule has 1 aliphatic rings. The van der Waals surface area contributed by atoms with Crippen molar-refractivity contribution in [3.63, 3.8) is 0 Å². The summed E-state index contributed by atoms with van der Waals surface area (Å²) in [6, 6.07) is 13.4. The van der Waals surface area contributed by atoms with Crippen molar-refractivity contribution in [2.45, 2.75) is 4.58 Å². The Hall–Kier alpha value is -2.45. The summed E-state index contributed by atoms with van der Waals surface area (Å²) in [7, 11) is 0. The fraction of sp³-hybridized carbons (Fsp3) is 0.211. The molecule has 0 radical (unpaired) electrons. The maximum Gasteiger partial charge on any atom is 0.338 e. The van der Waals surface area contributed by atoms with E-state index >= 15 is 0 Å². The number of nitrogens with two attached hydrogens (primary N) is 1. The zero-order valence-electron chi connectivity index (χ0n) is 14.3. The lowest BCUT2D eigenvalue weighted by Gasteiger charge is -2.09. The van der Waals surface area contributed by atoms with Gasteiger partial charge in [-0.1, -0.05) is 12.1 Å². The third-order valence-corrected chi connectivity index (χ3v) is 6.93. The molecular weight excluding hydrogens is 384 g/mol. The second-order valence-electron chi connectivity index (χ2n) is 5.76. The van der Waals surface area contributed by atoms with Crippen LogP contribution >= 0.6 is 23.5 Å². The third kappa shape index (κ3) is 5.27. The van der Waals surface area contributed by atoms with Crippen LogP contribution in [-0.4, -0.2) is 35.9 Å². The van der Waals surface area contributed by atoms with Crippen molar-refractivity contribution in [2.24, 2.45) is 5.73 Å². The molecule has 0 unspecified atom stereocenters. The van der Waals surface area contributed by atoms with Crippen LogP contribution in [0.5, 0.6) is 0 Å². The van der Waals surface area contributed by atoms with E-state index in [1.807, 2.05) is 35.7 Å². The molecule has 2 aromatic carbocycles. The molecule has 1 saturated heterocycles. The Morgan fingerprint density at radius 3 is 2.15 bits per heavy atom. The number of anilines is 1. The minimum absolute atomic E-state index is 0.345. The number of carbonyl (C=O) groups excluding carboxylic acids is 3. The van der Waals surface area contributed by atoms with Gasteiger partial charge in [-0.3, -0.25) is 9.59 Å². The highest BCUT2D eigenvalue weighted by molar-refractivity contribution is 8.19. The molecule has 140 valence electrons. The van der Waals surface area contributed by atoms with Crippen LogP contribution < -0.4 is 11.1 Å². The molecule has 1 heterocycles. The summed E-state index contributed by atoms with van der Waals surface area (Å²) in [6.07, 6.45) is 0. The first-order valence-corrected chi connectivity index (χ1v) is 10.3. The number of esters is 1. The largest absolute Gasteiger partial charge is 0.452 e. The number of thioether (sulfide) groups is 2. The Balaban J connectivity index is 1.49. The number of nitrogens with one attached hydrogen (secondary N) is 1. The van der Waals surface area contributed by atoms with Gasteiger partial charge in [0.05, 0.1) is 10.1 Å². The summed E-state index contributed by atoms with van der Waals surface area (Å²) >= 11 is 3.79. The monoisotopic (exact) mass is 402 g/mol. The molecule has 2 amide bonds. The molecule has 0 aromatic heterocycles. The maximum absolute atomic E-state index is 12.1. The van der Waals surface area contributed by atoms with Gasteiger partial charge < -0.3 is 15.8 Å². The van der Waals surface area contributed by atoms with E-state index in [9.17, 15) is 14.4 Å². The van der Waals surface area contributed by atoms with E-state index in [1.165, 1.54) is 17.7 Å². The predicted octanol–water partition coefficient (Wildman–Crippen LogP) is 3.06. The highest BCUT2D eigenvalue weighted by Gasteiger charge is 2.19. The van der Waals surface area contributed by atoms with Gasteiger partial charge in [-0.25, -0.2) is 4.79 Å². The van der Waals surface area contributed by atoms with E-state index in [0.29, 0.717) is 21.4 Å². The minimum Gasteiger partial charge on any atom is -0.452 e. The molecule has 0 atom stereocenters. The highest BCUT2D eigenvalue weighted by Crippen LogP contribution is 2.45. The first-order valence-electron chi connectivity index (χ1n) is 8.23. The van der Waals surface area contributed by atoms with Crippen molar-refractivity contribution in [2.75, 3.05) is 23.4 Å². The van der Waals surface area contributed by atoms with E-state index in [2.05, 4.69) is 5.32 Å². The van der Waals surface area contributed by atoms with Crippen molar-refractivity contribution < 1.29 is 19.1 Å². The summed E-state index contributed by atoms with van der Waals surface area (Å²) < 4.78 is 5.47. The molecule has 0 aliphatic carbocycles. The van der Waals surface area contributed by atoms with Crippen LogP contribution in [0.1, 0.15) is 30.9 Å². The molecule has 0 spiro atoms. The predicted molar refractivity (Wildman–Crippen MR) is 108 cm³/mol. The van der Waals surface area contributed by atoms with E-state index in [-0.39, 0.29) is 0 Å². The Labute approximate surface area is 165 Å². The number of rotatable bonds is 6. The van der Waals surface area contributed by atoms with Crippen LogP contribution in [0.15, 0.2) is 48.5 Å². The quantitative estimate of drug-likeness (QED) is 0.721. The van der Waals surface area contributed by atoms with E-state index in [1.54, 1.807) is 24.3 Å². The molecule has 6 nitrogen and oxygen atoms in total. The summed E-state index contributed by atoms with van der Waals surface area (Å²) in [5.41, 5.74) is 7.57. The third-order valence-electron chi connectivity index (χ3n) is 3.83. The minimum atomic E-state index is -0.549. The molecule has 27 heavy (non-hydrogen) atoms. The molecule has 8 heteroatoms. The number of hydrogen-bond donors (Lipinski definition) is 2. The van der Waals surface area contributed by atoms with Gasteiger partial charge in [0.15, 0.2) is 6.61 Å². The Morgan fingerprint density at radius 2 is 1.56 bits per heavy atom. The first kappa shape index (κ1) is 19.3. The SMILES string of the molecule is NC(=O)c1ccc(NC(=O)COC(=O)c2ccc(C3SCCS3)cc2)cc1. The molecule has 0 saturated carbocycles. The second-order valence-corrected chi connectivity index (χ2v) is 8.49. The Morgan fingerprint density at radius 1 is 0.963 bits per heavy atom. The molecular formula is C19H18N2O4S2. The smallest absolute Gasteiger partial charge is 0.338 e. The molecule has 3 rings (SSSR count). The number of ether oxygens (including phenoxy) is 1. The zero-order chi connectivity index (χ0) is 19.2. The van der Waals surface area contributed by atoms with E-state index in [4.69, 9.17) is 10.5 Å². The van der Waals surface area contributed by atoms with Gasteiger partial charge in [0.25, 0.3) is 5.91 Å². The van der Waals surface area contributed by atoms with Crippen molar-refractivity contribution in [1.82, 2.24) is 0 Å². The Kier molecular flexibility index (Phi) is 6.41. The normalized spacial score (nSPS) is 13.9. The molecule has 1 aliphatic heterocycles. The summed E-state index contributed by atoms with van der Waals surface area (Å²) in [6.45, 7) is -0.396. The van der Waals surface area contributed by atoms with Gasteiger partial charge in [0, 0.05) is 22.8 Å². The van der Waals surface area contributed by atoms with Gasteiger partial charge in [-0.15, -0.1) is 23.5 Å². The second kappa shape index (κ2) is 8.96. The van der Waals surface area contributed by atoms with Crippen molar-refractivity contribution >= 4 is 47.0 Å². The lowest BCUT2D eigenvalue weighted by atomic mass is 10.1. The van der Waals surface area contributed by atoms with Crippen molar-refractivity contribution in [1.29, 1.82) is 0 Å². The number of hydrogen-bond acceptors (Lipinski definition) is 6. The van der Waals surface area contributed by atoms with Crippen LogP contribution in [0, 0.1) is 0 Å². The lowest BCUT2D eigenvalue weighted by Crippen LogP contribution is -2.21. The highest BCUT2D eigenvalue weighted by atomic mass is 32.2. The summed E-state index contributed by atoms with van der Waals surface area (Å²) in [5.74, 6) is 0.718. The number of benzene rings is 2. The Bertz CT molecular complexity index is 832. The van der Waals surface area contributed by atoms with Crippen molar-refractivity contribution in [3.8, 4) is 0 Å². The zero-order valence-corrected chi connectivity index (χ0v) is 16.0. The number of amides is 2. The van der Waals surface area contributed by atoms with Crippen LogP contribution in [0.4, 0.5) is 5.69 Å². The van der Waals surface area contributed by atoms with Gasteiger partial charge in [-0.2, -0.15) is 0 Å². The summed E-state index contributed by atoms with van der Waals surface area (Å²) in [4.78, 5) is 35.0. The summed E-state index contributed by atoms with van der Waals surface area (Å²) in [5, 5.41) is 2.59. The van der Waals surface area contributed by atoms with Gasteiger partial charge >= 0.3 is 5.97 Å². The first-order chi connectivity index (χ1) is 13.0. The van der Waals surface area contributed by atoms with Crippen LogP contribution in [0.2, 0.25) is 0 Å². The average molecular weight is 402 g/mol. The van der Waals surface area contributed by atoms with Gasteiger partial charge in [-0.05, 0) is 42.0 Å². The molecule has 1 fully saturated rings. The maximum atomic E-state index is 12.1. The van der Waals surface area contributed by atoms with E-state index in [0.717, 1.165) is 11.5 Å².